The Morgan fingerprint density at radius 2 is 2.10 bits per heavy atom. The molecule has 1 heterocycles. The number of hydrogen-bond donors (Lipinski definition) is 2. The summed E-state index contributed by atoms with van der Waals surface area (Å²) in [6, 6.07) is 12.7. The zero-order chi connectivity index (χ0) is 15.1. The van der Waals surface area contributed by atoms with E-state index < -0.39 is 6.10 Å². The first-order valence-corrected chi connectivity index (χ1v) is 6.61. The molecule has 0 saturated carbocycles. The fourth-order valence-electron chi connectivity index (χ4n) is 1.98. The van der Waals surface area contributed by atoms with Crippen LogP contribution in [0.1, 0.15) is 22.8 Å². The molecule has 1 aromatic heterocycles. The van der Waals surface area contributed by atoms with Gasteiger partial charge in [-0.15, -0.1) is 0 Å². The highest BCUT2D eigenvalue weighted by Crippen LogP contribution is 2.15. The number of aromatic nitrogens is 1. The Labute approximate surface area is 123 Å². The SMILES string of the molecule is COc1ncccc1CNCC(O)c1ccc(C#N)cc1. The van der Waals surface area contributed by atoms with E-state index in [1.54, 1.807) is 37.6 Å². The quantitative estimate of drug-likeness (QED) is 0.845. The normalized spacial score (nSPS) is 11.7. The van der Waals surface area contributed by atoms with Gasteiger partial charge in [-0.3, -0.25) is 0 Å². The van der Waals surface area contributed by atoms with Crippen molar-refractivity contribution >= 4 is 0 Å². The average Bonchev–Trinajstić information content (AvgIpc) is 2.55. The predicted octanol–water partition coefficient (Wildman–Crippen LogP) is 1.79. The molecule has 0 aliphatic heterocycles. The van der Waals surface area contributed by atoms with Crippen LogP contribution in [0.25, 0.3) is 0 Å². The first-order valence-electron chi connectivity index (χ1n) is 6.61. The summed E-state index contributed by atoms with van der Waals surface area (Å²) in [7, 11) is 1.58. The zero-order valence-corrected chi connectivity index (χ0v) is 11.8. The van der Waals surface area contributed by atoms with Gasteiger partial charge in [0.25, 0.3) is 0 Å². The molecule has 108 valence electrons. The highest BCUT2D eigenvalue weighted by atomic mass is 16.5. The fourth-order valence-corrected chi connectivity index (χ4v) is 1.98. The van der Waals surface area contributed by atoms with Crippen molar-refractivity contribution in [2.75, 3.05) is 13.7 Å². The number of aliphatic hydroxyl groups excluding tert-OH is 1. The molecule has 5 nitrogen and oxygen atoms in total. The van der Waals surface area contributed by atoms with Crippen molar-refractivity contribution < 1.29 is 9.84 Å². The molecule has 1 atom stereocenters. The number of methoxy groups -OCH3 is 1. The van der Waals surface area contributed by atoms with Crippen molar-refractivity contribution in [3.63, 3.8) is 0 Å². The van der Waals surface area contributed by atoms with Crippen molar-refractivity contribution in [1.29, 1.82) is 5.26 Å². The second-order valence-corrected chi connectivity index (χ2v) is 4.55. The maximum Gasteiger partial charge on any atom is 0.217 e. The van der Waals surface area contributed by atoms with E-state index in [2.05, 4.69) is 16.4 Å². The van der Waals surface area contributed by atoms with Gasteiger partial charge < -0.3 is 15.2 Å². The van der Waals surface area contributed by atoms with Gasteiger partial charge in [0, 0.05) is 24.8 Å². The topological polar surface area (TPSA) is 78.2 Å². The molecular weight excluding hydrogens is 266 g/mol. The molecule has 0 fully saturated rings. The molecule has 0 bridgehead atoms. The molecule has 0 aliphatic rings. The van der Waals surface area contributed by atoms with Crippen molar-refractivity contribution in [3.8, 4) is 11.9 Å². The van der Waals surface area contributed by atoms with Crippen LogP contribution in [0.4, 0.5) is 0 Å². The second-order valence-electron chi connectivity index (χ2n) is 4.55. The summed E-state index contributed by atoms with van der Waals surface area (Å²) >= 11 is 0. The van der Waals surface area contributed by atoms with Gasteiger partial charge in [-0.25, -0.2) is 4.98 Å². The summed E-state index contributed by atoms with van der Waals surface area (Å²) in [6.45, 7) is 0.967. The Morgan fingerprint density at radius 3 is 2.76 bits per heavy atom. The van der Waals surface area contributed by atoms with Gasteiger partial charge in [0.1, 0.15) is 0 Å². The number of nitriles is 1. The van der Waals surface area contributed by atoms with Crippen LogP contribution in [-0.2, 0) is 6.54 Å². The first-order chi connectivity index (χ1) is 10.2. The molecular formula is C16H17N3O2. The Kier molecular flexibility index (Phi) is 5.27. The molecule has 0 amide bonds. The van der Waals surface area contributed by atoms with Crippen molar-refractivity contribution in [3.05, 3.63) is 59.3 Å². The molecule has 5 heteroatoms. The monoisotopic (exact) mass is 283 g/mol. The van der Waals surface area contributed by atoms with Crippen LogP contribution in [0.15, 0.2) is 42.6 Å². The summed E-state index contributed by atoms with van der Waals surface area (Å²) in [4.78, 5) is 4.12. The van der Waals surface area contributed by atoms with Crippen LogP contribution in [0.2, 0.25) is 0 Å². The molecule has 1 unspecified atom stereocenters. The van der Waals surface area contributed by atoms with Crippen LogP contribution in [-0.4, -0.2) is 23.7 Å². The van der Waals surface area contributed by atoms with Crippen molar-refractivity contribution in [2.45, 2.75) is 12.6 Å². The number of pyridine rings is 1. The first kappa shape index (κ1) is 15.0. The third kappa shape index (κ3) is 4.02. The second kappa shape index (κ2) is 7.39. The minimum absolute atomic E-state index is 0.407. The maximum absolute atomic E-state index is 10.1. The lowest BCUT2D eigenvalue weighted by Gasteiger charge is -2.13. The van der Waals surface area contributed by atoms with E-state index in [4.69, 9.17) is 10.00 Å². The average molecular weight is 283 g/mol. The molecule has 0 saturated heterocycles. The highest BCUT2D eigenvalue weighted by Gasteiger charge is 2.08. The van der Waals surface area contributed by atoms with Gasteiger partial charge in [0.2, 0.25) is 5.88 Å². The van der Waals surface area contributed by atoms with E-state index in [0.29, 0.717) is 24.5 Å². The molecule has 0 aliphatic carbocycles. The predicted molar refractivity (Wildman–Crippen MR) is 78.6 cm³/mol. The highest BCUT2D eigenvalue weighted by molar-refractivity contribution is 5.32. The van der Waals surface area contributed by atoms with E-state index in [9.17, 15) is 5.11 Å². The summed E-state index contributed by atoms with van der Waals surface area (Å²) in [6.07, 6.45) is 1.05. The Balaban J connectivity index is 1.89. The van der Waals surface area contributed by atoms with Crippen LogP contribution >= 0.6 is 0 Å². The molecule has 1 aromatic carbocycles. The lowest BCUT2D eigenvalue weighted by Crippen LogP contribution is -2.21. The van der Waals surface area contributed by atoms with Gasteiger partial charge in [-0.2, -0.15) is 5.26 Å². The summed E-state index contributed by atoms with van der Waals surface area (Å²) in [5.74, 6) is 0.581. The van der Waals surface area contributed by atoms with Crippen LogP contribution in [0.3, 0.4) is 0 Å². The molecule has 0 radical (unpaired) electrons. The van der Waals surface area contributed by atoms with Crippen molar-refractivity contribution in [2.24, 2.45) is 0 Å². The Morgan fingerprint density at radius 1 is 1.33 bits per heavy atom. The van der Waals surface area contributed by atoms with Crippen LogP contribution in [0.5, 0.6) is 5.88 Å². The van der Waals surface area contributed by atoms with Gasteiger partial charge in [0.05, 0.1) is 24.8 Å². The molecule has 2 rings (SSSR count). The lowest BCUT2D eigenvalue weighted by molar-refractivity contribution is 0.174. The number of hydrogen-bond acceptors (Lipinski definition) is 5. The van der Waals surface area contributed by atoms with E-state index in [1.165, 1.54) is 0 Å². The lowest BCUT2D eigenvalue weighted by atomic mass is 10.1. The van der Waals surface area contributed by atoms with Gasteiger partial charge >= 0.3 is 0 Å². The van der Waals surface area contributed by atoms with Crippen molar-refractivity contribution in [1.82, 2.24) is 10.3 Å². The smallest absolute Gasteiger partial charge is 0.217 e. The number of nitrogens with zero attached hydrogens (tertiary/aromatic N) is 2. The summed E-state index contributed by atoms with van der Waals surface area (Å²) in [5.41, 5.74) is 2.30. The zero-order valence-electron chi connectivity index (χ0n) is 11.8. The van der Waals surface area contributed by atoms with Crippen LogP contribution in [0, 0.1) is 11.3 Å². The van der Waals surface area contributed by atoms with E-state index >= 15 is 0 Å². The molecule has 2 N–H and O–H groups in total. The van der Waals surface area contributed by atoms with E-state index in [1.807, 2.05) is 12.1 Å². The summed E-state index contributed by atoms with van der Waals surface area (Å²) in [5, 5.41) is 22.0. The van der Waals surface area contributed by atoms with E-state index in [-0.39, 0.29) is 0 Å². The number of ether oxygens (including phenoxy) is 1. The molecule has 2 aromatic rings. The fraction of sp³-hybridized carbons (Fsp3) is 0.250. The van der Waals surface area contributed by atoms with Gasteiger partial charge in [-0.1, -0.05) is 18.2 Å². The van der Waals surface area contributed by atoms with Gasteiger partial charge in [-0.05, 0) is 23.8 Å². The minimum atomic E-state index is -0.625. The molecule has 0 spiro atoms. The number of benzene rings is 1. The number of rotatable bonds is 6. The maximum atomic E-state index is 10.1. The number of aliphatic hydroxyl groups is 1. The molecule has 21 heavy (non-hydrogen) atoms. The Hall–Kier alpha value is -2.42. The third-order valence-electron chi connectivity index (χ3n) is 3.12. The minimum Gasteiger partial charge on any atom is -0.481 e. The Bertz CT molecular complexity index is 620. The number of nitrogens with one attached hydrogen (secondary N) is 1. The largest absolute Gasteiger partial charge is 0.481 e. The van der Waals surface area contributed by atoms with Gasteiger partial charge in [0.15, 0.2) is 0 Å². The van der Waals surface area contributed by atoms with Crippen LogP contribution < -0.4 is 10.1 Å². The third-order valence-corrected chi connectivity index (χ3v) is 3.12. The standard InChI is InChI=1S/C16H17N3O2/c1-21-16-14(3-2-8-19-16)10-18-11-15(20)13-6-4-12(9-17)5-7-13/h2-8,15,18,20H,10-11H2,1H3. The van der Waals surface area contributed by atoms with E-state index in [0.717, 1.165) is 11.1 Å². The summed E-state index contributed by atoms with van der Waals surface area (Å²) < 4.78 is 5.17.